The summed E-state index contributed by atoms with van der Waals surface area (Å²) >= 11 is 0. The maximum absolute atomic E-state index is 12.3. The van der Waals surface area contributed by atoms with E-state index >= 15 is 0 Å². The van der Waals surface area contributed by atoms with Gasteiger partial charge in [-0.2, -0.15) is 0 Å². The number of aromatic nitrogens is 2. The van der Waals surface area contributed by atoms with Gasteiger partial charge in [-0.3, -0.25) is 9.36 Å². The molecule has 0 aliphatic carbocycles. The van der Waals surface area contributed by atoms with Gasteiger partial charge in [0.1, 0.15) is 6.61 Å². The Hall–Kier alpha value is -3.94. The number of rotatable bonds is 6. The van der Waals surface area contributed by atoms with Crippen LogP contribution in [0.4, 0.5) is 0 Å². The van der Waals surface area contributed by atoms with Gasteiger partial charge in [-0.15, -0.1) is 0 Å². The molecule has 4 rings (SSSR count). The zero-order chi connectivity index (χ0) is 22.0. The zero-order valence-electron chi connectivity index (χ0n) is 17.1. The molecule has 0 atom stereocenters. The molecule has 4 aromatic rings. The Labute approximate surface area is 177 Å². The second kappa shape index (κ2) is 8.43. The molecule has 0 N–H and O–H groups in total. The Morgan fingerprint density at radius 2 is 1.84 bits per heavy atom. The fourth-order valence-corrected chi connectivity index (χ4v) is 3.57. The van der Waals surface area contributed by atoms with Crippen molar-refractivity contribution in [1.82, 2.24) is 9.55 Å². The number of nitrogens with zero attached hydrogens (tertiary/aromatic N) is 2. The molecule has 0 fully saturated rings. The summed E-state index contributed by atoms with van der Waals surface area (Å²) in [6.45, 7) is 1.73. The summed E-state index contributed by atoms with van der Waals surface area (Å²) in [7, 11) is 1.29. The fourth-order valence-electron chi connectivity index (χ4n) is 3.57. The van der Waals surface area contributed by atoms with Crippen LogP contribution in [0.1, 0.15) is 28.0 Å². The summed E-state index contributed by atoms with van der Waals surface area (Å²) < 4.78 is 16.8. The molecule has 2 aromatic carbocycles. The quantitative estimate of drug-likeness (QED) is 0.441. The Morgan fingerprint density at radius 3 is 2.65 bits per heavy atom. The van der Waals surface area contributed by atoms with Gasteiger partial charge in [0.15, 0.2) is 5.58 Å². The average molecular weight is 420 g/mol. The largest absolute Gasteiger partial charge is 0.465 e. The Bertz CT molecular complexity index is 1350. The molecular formula is C23H20N2O6. The highest BCUT2D eigenvalue weighted by Gasteiger charge is 2.20. The maximum atomic E-state index is 12.3. The highest BCUT2D eigenvalue weighted by molar-refractivity contribution is 5.98. The van der Waals surface area contributed by atoms with Crippen molar-refractivity contribution in [1.29, 1.82) is 0 Å². The van der Waals surface area contributed by atoms with Gasteiger partial charge in [-0.25, -0.2) is 14.6 Å². The minimum Gasteiger partial charge on any atom is -0.465 e. The van der Waals surface area contributed by atoms with Crippen molar-refractivity contribution >= 4 is 33.9 Å². The monoisotopic (exact) mass is 420 g/mol. The average Bonchev–Trinajstić information content (AvgIpc) is 3.10. The second-order valence-corrected chi connectivity index (χ2v) is 6.97. The Morgan fingerprint density at radius 1 is 1.10 bits per heavy atom. The third kappa shape index (κ3) is 3.92. The molecule has 0 saturated heterocycles. The molecule has 0 amide bonds. The number of aryl methyl sites for hydroxylation is 2. The molecular weight excluding hydrogens is 400 g/mol. The maximum Gasteiger partial charge on any atom is 0.419 e. The van der Waals surface area contributed by atoms with Crippen LogP contribution in [0.3, 0.4) is 0 Å². The second-order valence-electron chi connectivity index (χ2n) is 6.97. The minimum absolute atomic E-state index is 0.0381. The van der Waals surface area contributed by atoms with Crippen LogP contribution in [-0.4, -0.2) is 28.6 Å². The van der Waals surface area contributed by atoms with Gasteiger partial charge in [0, 0.05) is 11.9 Å². The number of methoxy groups -OCH3 is 1. The van der Waals surface area contributed by atoms with Crippen LogP contribution in [0.5, 0.6) is 0 Å². The number of para-hydroxylation sites is 3. The lowest BCUT2D eigenvalue weighted by Gasteiger charge is -2.13. The van der Waals surface area contributed by atoms with Gasteiger partial charge in [0.25, 0.3) is 0 Å². The van der Waals surface area contributed by atoms with Crippen LogP contribution in [0, 0.1) is 6.92 Å². The first-order valence-corrected chi connectivity index (χ1v) is 9.70. The predicted octanol–water partition coefficient (Wildman–Crippen LogP) is 3.37. The molecule has 0 unspecified atom stereocenters. The van der Waals surface area contributed by atoms with Crippen LogP contribution >= 0.6 is 0 Å². The van der Waals surface area contributed by atoms with Crippen LogP contribution < -0.4 is 5.76 Å². The molecule has 0 saturated carbocycles. The van der Waals surface area contributed by atoms with Crippen LogP contribution in [-0.2, 0) is 27.4 Å². The number of fused-ring (bicyclic) bond motifs is 2. The molecule has 158 valence electrons. The van der Waals surface area contributed by atoms with Crippen molar-refractivity contribution in [2.75, 3.05) is 7.11 Å². The fraction of sp³-hybridized carbons (Fsp3) is 0.217. The summed E-state index contributed by atoms with van der Waals surface area (Å²) in [6.07, 6.45) is -0.0381. The molecule has 2 aromatic heterocycles. The van der Waals surface area contributed by atoms with Gasteiger partial charge >= 0.3 is 17.7 Å². The number of oxazole rings is 1. The smallest absolute Gasteiger partial charge is 0.419 e. The molecule has 31 heavy (non-hydrogen) atoms. The highest BCUT2D eigenvalue weighted by Crippen LogP contribution is 2.24. The summed E-state index contributed by atoms with van der Waals surface area (Å²) in [5.41, 5.74) is 3.07. The van der Waals surface area contributed by atoms with Gasteiger partial charge in [0.2, 0.25) is 0 Å². The molecule has 0 aliphatic heterocycles. The van der Waals surface area contributed by atoms with Gasteiger partial charge in [0.05, 0.1) is 35.8 Å². The summed E-state index contributed by atoms with van der Waals surface area (Å²) in [5.74, 6) is -1.60. The van der Waals surface area contributed by atoms with E-state index in [4.69, 9.17) is 13.9 Å². The number of benzene rings is 2. The first-order valence-electron chi connectivity index (χ1n) is 9.70. The predicted molar refractivity (Wildman–Crippen MR) is 113 cm³/mol. The van der Waals surface area contributed by atoms with Gasteiger partial charge in [-0.1, -0.05) is 30.3 Å². The van der Waals surface area contributed by atoms with Crippen molar-refractivity contribution in [2.24, 2.45) is 0 Å². The number of carbonyl (C=O) groups excluding carboxylic acids is 2. The standard InChI is InChI=1S/C23H20N2O6/c1-14-15-7-3-4-8-16(15)24-17(21(14)22(27)29-2)13-30-20(26)11-12-25-18-9-5-6-10-19(18)31-23(25)28/h3-10H,11-13H2,1-2H3. The van der Waals surface area contributed by atoms with E-state index in [-0.39, 0.29) is 25.1 Å². The number of ether oxygens (including phenoxy) is 2. The van der Waals surface area contributed by atoms with Crippen LogP contribution in [0.25, 0.3) is 22.0 Å². The van der Waals surface area contributed by atoms with Crippen molar-refractivity contribution in [2.45, 2.75) is 26.5 Å². The van der Waals surface area contributed by atoms with Crippen molar-refractivity contribution in [3.63, 3.8) is 0 Å². The number of pyridine rings is 1. The zero-order valence-corrected chi connectivity index (χ0v) is 17.1. The first-order chi connectivity index (χ1) is 15.0. The van der Waals surface area contributed by atoms with Gasteiger partial charge < -0.3 is 13.9 Å². The van der Waals surface area contributed by atoms with E-state index in [0.717, 1.165) is 5.39 Å². The van der Waals surface area contributed by atoms with Crippen LogP contribution in [0.15, 0.2) is 57.7 Å². The summed E-state index contributed by atoms with van der Waals surface area (Å²) in [5, 5.41) is 0.823. The SMILES string of the molecule is COC(=O)c1c(COC(=O)CCn2c(=O)oc3ccccc32)nc2ccccc2c1C. The Kier molecular flexibility index (Phi) is 5.53. The number of hydrogen-bond donors (Lipinski definition) is 0. The molecule has 0 radical (unpaired) electrons. The van der Waals surface area contributed by atoms with Crippen LogP contribution in [0.2, 0.25) is 0 Å². The van der Waals surface area contributed by atoms with Crippen molar-refractivity contribution < 1.29 is 23.5 Å². The van der Waals surface area contributed by atoms with E-state index in [2.05, 4.69) is 4.98 Å². The Balaban J connectivity index is 1.52. The molecule has 0 spiro atoms. The number of hydrogen-bond acceptors (Lipinski definition) is 7. The van der Waals surface area contributed by atoms with E-state index in [1.54, 1.807) is 31.2 Å². The van der Waals surface area contributed by atoms with E-state index in [0.29, 0.717) is 27.9 Å². The molecule has 8 nitrogen and oxygen atoms in total. The lowest BCUT2D eigenvalue weighted by molar-refractivity contribution is -0.145. The highest BCUT2D eigenvalue weighted by atomic mass is 16.5. The number of carbonyl (C=O) groups is 2. The lowest BCUT2D eigenvalue weighted by Crippen LogP contribution is -2.18. The van der Waals surface area contributed by atoms with Gasteiger partial charge in [-0.05, 0) is 30.7 Å². The molecule has 0 aliphatic rings. The summed E-state index contributed by atoms with van der Waals surface area (Å²) in [6, 6.07) is 14.4. The normalized spacial score (nSPS) is 11.0. The third-order valence-corrected chi connectivity index (χ3v) is 5.10. The third-order valence-electron chi connectivity index (χ3n) is 5.10. The summed E-state index contributed by atoms with van der Waals surface area (Å²) in [4.78, 5) is 41.2. The van der Waals surface area contributed by atoms with E-state index < -0.39 is 17.7 Å². The first kappa shape index (κ1) is 20.3. The number of esters is 2. The topological polar surface area (TPSA) is 101 Å². The lowest BCUT2D eigenvalue weighted by atomic mass is 10.0. The van der Waals surface area contributed by atoms with E-state index in [1.807, 2.05) is 24.3 Å². The van der Waals surface area contributed by atoms with Crippen molar-refractivity contribution in [3.05, 3.63) is 75.9 Å². The molecule has 0 bridgehead atoms. The molecule has 2 heterocycles. The minimum atomic E-state index is -0.543. The van der Waals surface area contributed by atoms with E-state index in [9.17, 15) is 14.4 Å². The van der Waals surface area contributed by atoms with Crippen molar-refractivity contribution in [3.8, 4) is 0 Å². The molecule has 8 heteroatoms. The van der Waals surface area contributed by atoms with E-state index in [1.165, 1.54) is 11.7 Å².